The number of aromatic nitrogens is 2. The predicted molar refractivity (Wildman–Crippen MR) is 122 cm³/mol. The number of aryl methyl sites for hydroxylation is 1. The van der Waals surface area contributed by atoms with E-state index < -0.39 is 18.2 Å². The molecule has 1 aliphatic carbocycles. The summed E-state index contributed by atoms with van der Waals surface area (Å²) in [6, 6.07) is 3.37. The monoisotopic (exact) mass is 500 g/mol. The molecule has 0 amide bonds. The van der Waals surface area contributed by atoms with Gasteiger partial charge in [-0.05, 0) is 71.5 Å². The molecule has 0 unspecified atom stereocenters. The van der Waals surface area contributed by atoms with Crippen LogP contribution in [0.5, 0.6) is 0 Å². The van der Waals surface area contributed by atoms with Crippen LogP contribution in [0, 0.1) is 6.92 Å². The second-order valence-corrected chi connectivity index (χ2v) is 17.1. The third kappa shape index (κ3) is 4.24. The van der Waals surface area contributed by atoms with Gasteiger partial charge in [0, 0.05) is 22.9 Å². The first-order valence-corrected chi connectivity index (χ1v) is 15.3. The maximum absolute atomic E-state index is 13.3. The van der Waals surface area contributed by atoms with Crippen LogP contribution < -0.4 is 5.56 Å². The molecule has 160 valence electrons. The van der Waals surface area contributed by atoms with E-state index in [9.17, 15) is 13.2 Å². The summed E-state index contributed by atoms with van der Waals surface area (Å²) in [6.07, 6.45) is 2.38. The molecule has 6 nitrogen and oxygen atoms in total. The summed E-state index contributed by atoms with van der Waals surface area (Å²) < 4.78 is 33.3. The molecule has 9 heteroatoms. The summed E-state index contributed by atoms with van der Waals surface area (Å²) in [5.41, 5.74) is 0.982. The SMILES string of the molecule is Cc1cc(Br)c2nc(S(C)(=O)=O)n([C@H]3C[C@H](O[Si](C)(C)C(C)(C)C)C3)c(=O)c2c1. The summed E-state index contributed by atoms with van der Waals surface area (Å²) in [5, 5.41) is 0.356. The average molecular weight is 502 g/mol. The van der Waals surface area contributed by atoms with Gasteiger partial charge < -0.3 is 4.43 Å². The number of fused-ring (bicyclic) bond motifs is 1. The Morgan fingerprint density at radius 2 is 1.83 bits per heavy atom. The van der Waals surface area contributed by atoms with E-state index in [1.165, 1.54) is 4.57 Å². The summed E-state index contributed by atoms with van der Waals surface area (Å²) >= 11 is 3.42. The van der Waals surface area contributed by atoms with Gasteiger partial charge in [-0.3, -0.25) is 9.36 Å². The van der Waals surface area contributed by atoms with Crippen molar-refractivity contribution in [2.24, 2.45) is 0 Å². The van der Waals surface area contributed by atoms with Crippen molar-refractivity contribution in [3.8, 4) is 0 Å². The minimum absolute atomic E-state index is 0.0418. The zero-order chi connectivity index (χ0) is 21.9. The maximum atomic E-state index is 13.3. The van der Waals surface area contributed by atoms with Crippen LogP contribution in [0.15, 0.2) is 26.6 Å². The lowest BCUT2D eigenvalue weighted by Crippen LogP contribution is -2.49. The Morgan fingerprint density at radius 3 is 2.34 bits per heavy atom. The average Bonchev–Trinajstić information content (AvgIpc) is 2.49. The normalized spacial score (nSPS) is 20.7. The zero-order valence-corrected chi connectivity index (χ0v) is 21.4. The first kappa shape index (κ1) is 22.6. The van der Waals surface area contributed by atoms with Crippen LogP contribution >= 0.6 is 15.9 Å². The molecule has 1 fully saturated rings. The summed E-state index contributed by atoms with van der Waals surface area (Å²) in [7, 11) is -5.59. The van der Waals surface area contributed by atoms with Gasteiger partial charge in [0.1, 0.15) is 0 Å². The number of hydrogen-bond acceptors (Lipinski definition) is 5. The van der Waals surface area contributed by atoms with Gasteiger partial charge in [-0.25, -0.2) is 13.4 Å². The van der Waals surface area contributed by atoms with Crippen LogP contribution in [0.3, 0.4) is 0 Å². The predicted octanol–water partition coefficient (Wildman–Crippen LogP) is 4.60. The third-order valence-corrected chi connectivity index (χ3v) is 12.2. The number of halogens is 1. The van der Waals surface area contributed by atoms with E-state index in [0.29, 0.717) is 28.2 Å². The summed E-state index contributed by atoms with van der Waals surface area (Å²) in [5.74, 6) is 0. The van der Waals surface area contributed by atoms with Gasteiger partial charge in [-0.2, -0.15) is 0 Å². The Kier molecular flexibility index (Phi) is 5.69. The first-order chi connectivity index (χ1) is 13.1. The van der Waals surface area contributed by atoms with Crippen LogP contribution in [0.2, 0.25) is 18.1 Å². The zero-order valence-electron chi connectivity index (χ0n) is 18.0. The Morgan fingerprint density at radius 1 is 1.24 bits per heavy atom. The number of hydrogen-bond donors (Lipinski definition) is 0. The molecule has 0 saturated heterocycles. The largest absolute Gasteiger partial charge is 0.414 e. The Bertz CT molecular complexity index is 1130. The van der Waals surface area contributed by atoms with Gasteiger partial charge in [0.2, 0.25) is 15.0 Å². The second-order valence-electron chi connectivity index (χ2n) is 9.61. The fraction of sp³-hybridized carbons (Fsp3) is 0.600. The van der Waals surface area contributed by atoms with Crippen LogP contribution in [-0.4, -0.2) is 38.6 Å². The Balaban J connectivity index is 2.03. The van der Waals surface area contributed by atoms with Gasteiger partial charge in [0.25, 0.3) is 5.56 Å². The van der Waals surface area contributed by atoms with Crippen molar-refractivity contribution in [3.05, 3.63) is 32.5 Å². The van der Waals surface area contributed by atoms with Crippen molar-refractivity contribution in [3.63, 3.8) is 0 Å². The molecule has 0 atom stereocenters. The van der Waals surface area contributed by atoms with E-state index in [1.807, 2.05) is 13.0 Å². The van der Waals surface area contributed by atoms with Crippen LogP contribution in [-0.2, 0) is 14.3 Å². The number of benzene rings is 1. The highest BCUT2D eigenvalue weighted by molar-refractivity contribution is 9.10. The minimum Gasteiger partial charge on any atom is -0.414 e. The molecule has 1 heterocycles. The van der Waals surface area contributed by atoms with E-state index in [2.05, 4.69) is 54.8 Å². The van der Waals surface area contributed by atoms with E-state index in [0.717, 1.165) is 11.8 Å². The van der Waals surface area contributed by atoms with Crippen LogP contribution in [0.25, 0.3) is 10.9 Å². The first-order valence-electron chi connectivity index (χ1n) is 9.72. The highest BCUT2D eigenvalue weighted by atomic mass is 79.9. The molecule has 1 aromatic heterocycles. The summed E-state index contributed by atoms with van der Waals surface area (Å²) in [4.78, 5) is 17.7. The second kappa shape index (κ2) is 7.28. The minimum atomic E-state index is -3.67. The van der Waals surface area contributed by atoms with Gasteiger partial charge in [-0.15, -0.1) is 0 Å². The molecule has 0 bridgehead atoms. The number of rotatable bonds is 4. The maximum Gasteiger partial charge on any atom is 0.262 e. The number of sulfone groups is 1. The smallest absolute Gasteiger partial charge is 0.262 e. The van der Waals surface area contributed by atoms with Crippen molar-refractivity contribution in [2.45, 2.75) is 76.0 Å². The van der Waals surface area contributed by atoms with Gasteiger partial charge >= 0.3 is 0 Å². The summed E-state index contributed by atoms with van der Waals surface area (Å²) in [6.45, 7) is 12.9. The molecule has 0 radical (unpaired) electrons. The molecule has 0 aliphatic heterocycles. The lowest BCUT2D eigenvalue weighted by atomic mass is 9.89. The molecular weight excluding hydrogens is 472 g/mol. The van der Waals surface area contributed by atoms with Crippen molar-refractivity contribution in [1.29, 1.82) is 0 Å². The van der Waals surface area contributed by atoms with Crippen molar-refractivity contribution in [1.82, 2.24) is 9.55 Å². The highest BCUT2D eigenvalue weighted by Crippen LogP contribution is 2.43. The van der Waals surface area contributed by atoms with E-state index >= 15 is 0 Å². The number of nitrogens with zero attached hydrogens (tertiary/aromatic N) is 2. The van der Waals surface area contributed by atoms with E-state index in [1.54, 1.807) is 6.07 Å². The standard InChI is InChI=1S/C20H29BrN2O4SSi/c1-12-8-15-17(16(21)9-12)22-19(28(5,25)26)23(18(15)24)13-10-14(11-13)27-29(6,7)20(2,3)4/h8-9,13-14H,10-11H2,1-7H3/t13-,14-. The molecule has 29 heavy (non-hydrogen) atoms. The van der Waals surface area contributed by atoms with Crippen molar-refractivity contribution >= 4 is 45.0 Å². The van der Waals surface area contributed by atoms with E-state index in [-0.39, 0.29) is 27.9 Å². The molecule has 1 saturated carbocycles. The van der Waals surface area contributed by atoms with Gasteiger partial charge in [-0.1, -0.05) is 20.8 Å². The molecule has 2 aromatic rings. The molecule has 1 aliphatic rings. The Labute approximate surface area is 181 Å². The highest BCUT2D eigenvalue weighted by Gasteiger charge is 2.44. The lowest BCUT2D eigenvalue weighted by Gasteiger charge is -2.45. The van der Waals surface area contributed by atoms with Crippen molar-refractivity contribution in [2.75, 3.05) is 6.26 Å². The fourth-order valence-electron chi connectivity index (χ4n) is 3.40. The van der Waals surface area contributed by atoms with Crippen LogP contribution in [0.1, 0.15) is 45.2 Å². The Hall–Kier alpha value is -1.03. The van der Waals surface area contributed by atoms with Crippen molar-refractivity contribution < 1.29 is 12.8 Å². The molecular formula is C20H29BrN2O4SSi. The quantitative estimate of drug-likeness (QED) is 0.452. The van der Waals surface area contributed by atoms with Gasteiger partial charge in [0.05, 0.1) is 10.9 Å². The molecule has 0 N–H and O–H groups in total. The fourth-order valence-corrected chi connectivity index (χ4v) is 6.29. The molecule has 1 aromatic carbocycles. The van der Waals surface area contributed by atoms with Crippen LogP contribution in [0.4, 0.5) is 0 Å². The lowest BCUT2D eigenvalue weighted by molar-refractivity contribution is 0.0521. The topological polar surface area (TPSA) is 78.3 Å². The van der Waals surface area contributed by atoms with Gasteiger partial charge in [0.15, 0.2) is 8.32 Å². The molecule has 3 rings (SSSR count). The van der Waals surface area contributed by atoms with E-state index in [4.69, 9.17) is 4.43 Å². The molecule has 0 spiro atoms. The third-order valence-electron chi connectivity index (χ3n) is 6.10.